The topological polar surface area (TPSA) is 26.3 Å². The van der Waals surface area contributed by atoms with Gasteiger partial charge in [0.2, 0.25) is 0 Å². The van der Waals surface area contributed by atoms with E-state index in [1.165, 1.54) is 19.2 Å². The molecule has 0 amide bonds. The fourth-order valence-corrected chi connectivity index (χ4v) is 2.12. The minimum atomic E-state index is -4.32. The molecule has 0 unspecified atom stereocenters. The first-order valence-corrected chi connectivity index (χ1v) is 5.66. The second-order valence-electron chi connectivity index (χ2n) is 4.51. The van der Waals surface area contributed by atoms with Gasteiger partial charge in [0.15, 0.2) is 0 Å². The largest absolute Gasteiger partial charge is 0.469 e. The van der Waals surface area contributed by atoms with Crippen LogP contribution in [0, 0.1) is 5.92 Å². The summed E-state index contributed by atoms with van der Waals surface area (Å²) in [6.45, 7) is 0. The van der Waals surface area contributed by atoms with Crippen LogP contribution in [0.2, 0.25) is 0 Å². The van der Waals surface area contributed by atoms with E-state index in [9.17, 15) is 18.0 Å². The summed E-state index contributed by atoms with van der Waals surface area (Å²) in [5.74, 6) is -0.151. The molecule has 0 aromatic heterocycles. The van der Waals surface area contributed by atoms with Crippen LogP contribution in [0.25, 0.3) is 0 Å². The highest BCUT2D eigenvalue weighted by molar-refractivity contribution is 5.70. The van der Waals surface area contributed by atoms with Crippen molar-refractivity contribution in [3.05, 3.63) is 35.4 Å². The molecule has 0 heterocycles. The SMILES string of the molecule is COC(=O)C[C@H]1C[C@@H]1c1cccc(C(F)(F)F)c1. The molecular weight excluding hydrogens is 245 g/mol. The van der Waals surface area contributed by atoms with E-state index >= 15 is 0 Å². The minimum Gasteiger partial charge on any atom is -0.469 e. The Kier molecular flexibility index (Phi) is 3.32. The van der Waals surface area contributed by atoms with Crippen molar-refractivity contribution in [2.75, 3.05) is 7.11 Å². The van der Waals surface area contributed by atoms with Gasteiger partial charge in [-0.05, 0) is 29.9 Å². The van der Waals surface area contributed by atoms with Gasteiger partial charge in [-0.2, -0.15) is 13.2 Å². The van der Waals surface area contributed by atoms with E-state index in [0.29, 0.717) is 5.56 Å². The number of carbonyl (C=O) groups excluding carboxylic acids is 1. The number of halogens is 3. The Bertz CT molecular complexity index is 454. The van der Waals surface area contributed by atoms with Crippen molar-refractivity contribution in [1.29, 1.82) is 0 Å². The van der Waals surface area contributed by atoms with Crippen LogP contribution in [0.1, 0.15) is 29.9 Å². The Morgan fingerprint density at radius 3 is 2.78 bits per heavy atom. The fourth-order valence-electron chi connectivity index (χ4n) is 2.12. The van der Waals surface area contributed by atoms with Crippen LogP contribution < -0.4 is 0 Å². The molecule has 1 aromatic rings. The molecule has 18 heavy (non-hydrogen) atoms. The van der Waals surface area contributed by atoms with Gasteiger partial charge in [-0.1, -0.05) is 18.2 Å². The summed E-state index contributed by atoms with van der Waals surface area (Å²) in [4.78, 5) is 11.1. The lowest BCUT2D eigenvalue weighted by Gasteiger charge is -2.08. The molecule has 2 atom stereocenters. The molecule has 1 fully saturated rings. The molecule has 1 saturated carbocycles. The van der Waals surface area contributed by atoms with Crippen LogP contribution in [-0.4, -0.2) is 13.1 Å². The monoisotopic (exact) mass is 258 g/mol. The number of hydrogen-bond acceptors (Lipinski definition) is 2. The van der Waals surface area contributed by atoms with Gasteiger partial charge >= 0.3 is 12.1 Å². The highest BCUT2D eigenvalue weighted by atomic mass is 19.4. The first-order chi connectivity index (χ1) is 8.41. The van der Waals surface area contributed by atoms with Gasteiger partial charge in [0.05, 0.1) is 12.7 Å². The summed E-state index contributed by atoms with van der Waals surface area (Å²) < 4.78 is 42.2. The number of ether oxygens (including phenoxy) is 1. The van der Waals surface area contributed by atoms with Crippen LogP contribution in [0.15, 0.2) is 24.3 Å². The molecule has 2 nitrogen and oxygen atoms in total. The predicted molar refractivity (Wildman–Crippen MR) is 58.9 cm³/mol. The Hall–Kier alpha value is -1.52. The van der Waals surface area contributed by atoms with E-state index in [-0.39, 0.29) is 24.2 Å². The van der Waals surface area contributed by atoms with Gasteiger partial charge < -0.3 is 4.74 Å². The van der Waals surface area contributed by atoms with E-state index in [1.54, 1.807) is 6.07 Å². The first-order valence-electron chi connectivity index (χ1n) is 5.66. The molecule has 0 spiro atoms. The maximum atomic E-state index is 12.5. The molecule has 0 N–H and O–H groups in total. The summed E-state index contributed by atoms with van der Waals surface area (Å²) in [5, 5.41) is 0. The maximum Gasteiger partial charge on any atom is 0.416 e. The molecule has 0 bridgehead atoms. The Balaban J connectivity index is 2.06. The third kappa shape index (κ3) is 2.83. The van der Waals surface area contributed by atoms with Crippen LogP contribution in [0.5, 0.6) is 0 Å². The third-order valence-corrected chi connectivity index (χ3v) is 3.22. The lowest BCUT2D eigenvalue weighted by Crippen LogP contribution is -2.05. The maximum absolute atomic E-state index is 12.5. The minimum absolute atomic E-state index is 0.0476. The normalized spacial score (nSPS) is 22.7. The summed E-state index contributed by atoms with van der Waals surface area (Å²) in [6.07, 6.45) is -3.30. The van der Waals surface area contributed by atoms with Crippen molar-refractivity contribution in [3.63, 3.8) is 0 Å². The third-order valence-electron chi connectivity index (χ3n) is 3.22. The molecule has 98 valence electrons. The Morgan fingerprint density at radius 1 is 1.44 bits per heavy atom. The summed E-state index contributed by atoms with van der Waals surface area (Å²) >= 11 is 0. The number of alkyl halides is 3. The van der Waals surface area contributed by atoms with Crippen molar-refractivity contribution >= 4 is 5.97 Å². The highest BCUT2D eigenvalue weighted by Gasteiger charge is 2.41. The van der Waals surface area contributed by atoms with Crippen molar-refractivity contribution < 1.29 is 22.7 Å². The standard InChI is InChI=1S/C13H13F3O2/c1-18-12(17)7-9-6-11(9)8-3-2-4-10(5-8)13(14,15)16/h2-5,9,11H,6-7H2,1H3/t9-,11-/m1/s1. The molecule has 0 radical (unpaired) electrons. The molecule has 1 aliphatic carbocycles. The zero-order valence-electron chi connectivity index (χ0n) is 9.83. The summed E-state index contributed by atoms with van der Waals surface area (Å²) in [7, 11) is 1.31. The Labute approximate surface area is 103 Å². The number of carbonyl (C=O) groups is 1. The average Bonchev–Trinajstić information content (AvgIpc) is 3.07. The zero-order chi connectivity index (χ0) is 13.3. The smallest absolute Gasteiger partial charge is 0.416 e. The zero-order valence-corrected chi connectivity index (χ0v) is 9.83. The number of methoxy groups -OCH3 is 1. The fraction of sp³-hybridized carbons (Fsp3) is 0.462. The van der Waals surface area contributed by atoms with Gasteiger partial charge in [-0.25, -0.2) is 0 Å². The van der Waals surface area contributed by atoms with E-state index in [1.807, 2.05) is 0 Å². The van der Waals surface area contributed by atoms with Crippen LogP contribution in [0.4, 0.5) is 13.2 Å². The van der Waals surface area contributed by atoms with Crippen LogP contribution in [-0.2, 0) is 15.7 Å². The second kappa shape index (κ2) is 4.63. The average molecular weight is 258 g/mol. The van der Waals surface area contributed by atoms with Crippen molar-refractivity contribution in [1.82, 2.24) is 0 Å². The summed E-state index contributed by atoms with van der Waals surface area (Å²) in [6, 6.07) is 5.31. The second-order valence-corrected chi connectivity index (χ2v) is 4.51. The lowest BCUT2D eigenvalue weighted by atomic mass is 10.0. The van der Waals surface area contributed by atoms with Gasteiger partial charge in [0, 0.05) is 6.42 Å². The molecule has 1 aliphatic rings. The molecule has 0 aliphatic heterocycles. The number of benzene rings is 1. The van der Waals surface area contributed by atoms with E-state index in [2.05, 4.69) is 4.74 Å². The number of rotatable bonds is 3. The van der Waals surface area contributed by atoms with E-state index < -0.39 is 11.7 Å². The van der Waals surface area contributed by atoms with Gasteiger partial charge in [0.1, 0.15) is 0 Å². The van der Waals surface area contributed by atoms with Crippen LogP contribution in [0.3, 0.4) is 0 Å². The molecular formula is C13H13F3O2. The van der Waals surface area contributed by atoms with Crippen molar-refractivity contribution in [2.45, 2.75) is 24.9 Å². The molecule has 1 aromatic carbocycles. The van der Waals surface area contributed by atoms with Crippen LogP contribution >= 0.6 is 0 Å². The predicted octanol–water partition coefficient (Wildman–Crippen LogP) is 3.37. The van der Waals surface area contributed by atoms with E-state index in [4.69, 9.17) is 0 Å². The number of hydrogen-bond donors (Lipinski definition) is 0. The number of esters is 1. The molecule has 0 saturated heterocycles. The van der Waals surface area contributed by atoms with Crippen molar-refractivity contribution in [2.24, 2.45) is 5.92 Å². The summed E-state index contributed by atoms with van der Waals surface area (Å²) in [5.41, 5.74) is 0.0162. The molecule has 5 heteroatoms. The van der Waals surface area contributed by atoms with Gasteiger partial charge in [-0.3, -0.25) is 4.79 Å². The van der Waals surface area contributed by atoms with Gasteiger partial charge in [-0.15, -0.1) is 0 Å². The Morgan fingerprint density at radius 2 is 2.17 bits per heavy atom. The van der Waals surface area contributed by atoms with Crippen molar-refractivity contribution in [3.8, 4) is 0 Å². The highest BCUT2D eigenvalue weighted by Crippen LogP contribution is 2.50. The van der Waals surface area contributed by atoms with Gasteiger partial charge in [0.25, 0.3) is 0 Å². The lowest BCUT2D eigenvalue weighted by molar-refractivity contribution is -0.141. The molecule has 2 rings (SSSR count). The van der Waals surface area contributed by atoms with E-state index in [0.717, 1.165) is 12.5 Å². The first kappa shape index (κ1) is 12.9. The quantitative estimate of drug-likeness (QED) is 0.777.